The lowest BCUT2D eigenvalue weighted by atomic mass is 10.0. The SMILES string of the molecule is C=C/C=C/CCCCCCCCCCCCCC=O. The zero-order valence-electron chi connectivity index (χ0n) is 12.6. The van der Waals surface area contributed by atoms with Crippen molar-refractivity contribution in [1.29, 1.82) is 0 Å². The lowest BCUT2D eigenvalue weighted by Crippen LogP contribution is -1.83. The van der Waals surface area contributed by atoms with Crippen molar-refractivity contribution < 1.29 is 4.79 Å². The minimum atomic E-state index is 0.752. The van der Waals surface area contributed by atoms with Crippen LogP contribution in [0.4, 0.5) is 0 Å². The van der Waals surface area contributed by atoms with Crippen LogP contribution in [0.5, 0.6) is 0 Å². The van der Waals surface area contributed by atoms with Gasteiger partial charge in [-0.05, 0) is 19.3 Å². The van der Waals surface area contributed by atoms with Crippen molar-refractivity contribution in [3.63, 3.8) is 0 Å². The fraction of sp³-hybridized carbons (Fsp3) is 0.722. The molecule has 1 heteroatoms. The molecule has 0 aromatic heterocycles. The first-order chi connectivity index (χ1) is 9.41. The van der Waals surface area contributed by atoms with Crippen molar-refractivity contribution in [2.75, 3.05) is 0 Å². The maximum Gasteiger partial charge on any atom is 0.119 e. The van der Waals surface area contributed by atoms with E-state index in [2.05, 4.69) is 12.7 Å². The van der Waals surface area contributed by atoms with Gasteiger partial charge in [0.15, 0.2) is 0 Å². The highest BCUT2D eigenvalue weighted by atomic mass is 16.1. The molecule has 0 heterocycles. The third-order valence-corrected chi connectivity index (χ3v) is 3.46. The summed E-state index contributed by atoms with van der Waals surface area (Å²) < 4.78 is 0. The predicted molar refractivity (Wildman–Crippen MR) is 85.4 cm³/mol. The molecular formula is C18H32O. The molecule has 0 saturated heterocycles. The van der Waals surface area contributed by atoms with Crippen LogP contribution in [-0.2, 0) is 4.79 Å². The highest BCUT2D eigenvalue weighted by Gasteiger charge is 1.93. The monoisotopic (exact) mass is 264 g/mol. The summed E-state index contributed by atoms with van der Waals surface area (Å²) in [5.41, 5.74) is 0. The molecule has 0 radical (unpaired) electrons. The van der Waals surface area contributed by atoms with E-state index in [1.54, 1.807) is 0 Å². The van der Waals surface area contributed by atoms with E-state index in [9.17, 15) is 4.79 Å². The summed E-state index contributed by atoms with van der Waals surface area (Å²) in [5.74, 6) is 0. The molecule has 0 aliphatic carbocycles. The lowest BCUT2D eigenvalue weighted by molar-refractivity contribution is -0.107. The van der Waals surface area contributed by atoms with Gasteiger partial charge in [-0.15, -0.1) is 0 Å². The Morgan fingerprint density at radius 1 is 0.632 bits per heavy atom. The molecule has 1 nitrogen and oxygen atoms in total. The van der Waals surface area contributed by atoms with Crippen molar-refractivity contribution in [3.05, 3.63) is 24.8 Å². The molecule has 0 N–H and O–H groups in total. The van der Waals surface area contributed by atoms with Crippen LogP contribution in [0.3, 0.4) is 0 Å². The second kappa shape index (κ2) is 17.2. The van der Waals surface area contributed by atoms with E-state index in [1.807, 2.05) is 12.2 Å². The molecule has 19 heavy (non-hydrogen) atoms. The molecule has 0 aromatic rings. The number of carbonyl (C=O) groups is 1. The summed E-state index contributed by atoms with van der Waals surface area (Å²) >= 11 is 0. The Labute approximate surface area is 120 Å². The smallest absolute Gasteiger partial charge is 0.119 e. The van der Waals surface area contributed by atoms with Gasteiger partial charge in [0.05, 0.1) is 0 Å². The van der Waals surface area contributed by atoms with Gasteiger partial charge in [-0.3, -0.25) is 0 Å². The standard InChI is InChI=1S/C18H32O/c1-2-3-4-5-6-7-8-9-10-11-12-13-14-15-16-17-18-19/h2-4,18H,1,5-17H2/b4-3+. The van der Waals surface area contributed by atoms with Gasteiger partial charge in [0.25, 0.3) is 0 Å². The molecular weight excluding hydrogens is 232 g/mol. The zero-order valence-corrected chi connectivity index (χ0v) is 12.6. The summed E-state index contributed by atoms with van der Waals surface area (Å²) in [6.07, 6.45) is 23.7. The first-order valence-electron chi connectivity index (χ1n) is 8.13. The highest BCUT2D eigenvalue weighted by Crippen LogP contribution is 2.12. The molecule has 0 fully saturated rings. The summed E-state index contributed by atoms with van der Waals surface area (Å²) in [6, 6.07) is 0. The van der Waals surface area contributed by atoms with Gasteiger partial charge in [-0.25, -0.2) is 0 Å². The summed E-state index contributed by atoms with van der Waals surface area (Å²) in [7, 11) is 0. The Morgan fingerprint density at radius 2 is 1.05 bits per heavy atom. The highest BCUT2D eigenvalue weighted by molar-refractivity contribution is 5.48. The van der Waals surface area contributed by atoms with Crippen molar-refractivity contribution in [3.8, 4) is 0 Å². The van der Waals surface area contributed by atoms with Crippen LogP contribution in [0, 0.1) is 0 Å². The minimum absolute atomic E-state index is 0.752. The Kier molecular flexibility index (Phi) is 16.4. The van der Waals surface area contributed by atoms with Crippen molar-refractivity contribution in [2.45, 2.75) is 83.5 Å². The molecule has 0 rings (SSSR count). The van der Waals surface area contributed by atoms with E-state index < -0.39 is 0 Å². The van der Waals surface area contributed by atoms with Crippen LogP contribution < -0.4 is 0 Å². The number of allylic oxidation sites excluding steroid dienone is 3. The molecule has 0 amide bonds. The van der Waals surface area contributed by atoms with E-state index in [4.69, 9.17) is 0 Å². The van der Waals surface area contributed by atoms with Crippen molar-refractivity contribution in [1.82, 2.24) is 0 Å². The number of unbranched alkanes of at least 4 members (excludes halogenated alkanes) is 12. The summed E-state index contributed by atoms with van der Waals surface area (Å²) in [5, 5.41) is 0. The van der Waals surface area contributed by atoms with Crippen LogP contribution in [-0.4, -0.2) is 6.29 Å². The van der Waals surface area contributed by atoms with Crippen molar-refractivity contribution in [2.24, 2.45) is 0 Å². The van der Waals surface area contributed by atoms with E-state index >= 15 is 0 Å². The Hall–Kier alpha value is -0.850. The Morgan fingerprint density at radius 3 is 1.47 bits per heavy atom. The molecule has 0 unspecified atom stereocenters. The van der Waals surface area contributed by atoms with Crippen LogP contribution in [0.2, 0.25) is 0 Å². The fourth-order valence-electron chi connectivity index (χ4n) is 2.27. The fourth-order valence-corrected chi connectivity index (χ4v) is 2.27. The molecule has 0 saturated carbocycles. The molecule has 0 aromatic carbocycles. The largest absolute Gasteiger partial charge is 0.303 e. The van der Waals surface area contributed by atoms with Gasteiger partial charge < -0.3 is 4.79 Å². The van der Waals surface area contributed by atoms with Gasteiger partial charge in [0.2, 0.25) is 0 Å². The average Bonchev–Trinajstić information content (AvgIpc) is 2.43. The molecule has 0 aliphatic rings. The van der Waals surface area contributed by atoms with E-state index in [1.165, 1.54) is 70.6 Å². The summed E-state index contributed by atoms with van der Waals surface area (Å²) in [4.78, 5) is 10.1. The maximum absolute atomic E-state index is 10.1. The van der Waals surface area contributed by atoms with Gasteiger partial charge >= 0.3 is 0 Å². The Bertz CT molecular complexity index is 218. The number of rotatable bonds is 15. The van der Waals surface area contributed by atoms with Gasteiger partial charge in [0.1, 0.15) is 6.29 Å². The molecule has 0 atom stereocenters. The quantitative estimate of drug-likeness (QED) is 0.201. The Balaban J connectivity index is 2.96. The van der Waals surface area contributed by atoms with Crippen LogP contribution in [0.1, 0.15) is 83.5 Å². The van der Waals surface area contributed by atoms with Gasteiger partial charge in [0, 0.05) is 6.42 Å². The molecule has 0 bridgehead atoms. The molecule has 110 valence electrons. The van der Waals surface area contributed by atoms with E-state index in [-0.39, 0.29) is 0 Å². The third kappa shape index (κ3) is 17.1. The normalized spacial score (nSPS) is 10.9. The molecule has 0 spiro atoms. The third-order valence-electron chi connectivity index (χ3n) is 3.46. The lowest BCUT2D eigenvalue weighted by Gasteiger charge is -2.02. The van der Waals surface area contributed by atoms with Crippen LogP contribution in [0.15, 0.2) is 24.8 Å². The first-order valence-corrected chi connectivity index (χ1v) is 8.13. The zero-order chi connectivity index (χ0) is 14.0. The predicted octanol–water partition coefficient (Wildman–Crippen LogP) is 6.00. The second-order valence-corrected chi connectivity index (χ2v) is 5.30. The summed E-state index contributed by atoms with van der Waals surface area (Å²) in [6.45, 7) is 3.66. The first kappa shape index (κ1) is 18.1. The van der Waals surface area contributed by atoms with Crippen LogP contribution in [0.25, 0.3) is 0 Å². The van der Waals surface area contributed by atoms with E-state index in [0.717, 1.165) is 19.1 Å². The average molecular weight is 264 g/mol. The van der Waals surface area contributed by atoms with Crippen molar-refractivity contribution >= 4 is 6.29 Å². The minimum Gasteiger partial charge on any atom is -0.303 e. The number of hydrogen-bond donors (Lipinski definition) is 0. The molecule has 0 aliphatic heterocycles. The maximum atomic E-state index is 10.1. The van der Waals surface area contributed by atoms with E-state index in [0.29, 0.717) is 0 Å². The second-order valence-electron chi connectivity index (χ2n) is 5.30. The topological polar surface area (TPSA) is 17.1 Å². The number of carbonyl (C=O) groups excluding carboxylic acids is 1. The number of hydrogen-bond acceptors (Lipinski definition) is 1. The van der Waals surface area contributed by atoms with Gasteiger partial charge in [-0.1, -0.05) is 82.6 Å². The number of aldehydes is 1. The van der Waals surface area contributed by atoms with Gasteiger partial charge in [-0.2, -0.15) is 0 Å². The van der Waals surface area contributed by atoms with Crippen LogP contribution >= 0.6 is 0 Å².